The molecule has 0 aliphatic heterocycles. The summed E-state index contributed by atoms with van der Waals surface area (Å²) in [6.45, 7) is 3.38. The average molecular weight is 242 g/mol. The lowest BCUT2D eigenvalue weighted by Crippen LogP contribution is -2.15. The highest BCUT2D eigenvalue weighted by molar-refractivity contribution is 5.75. The number of hydrogen-bond acceptors (Lipinski definition) is 1. The van der Waals surface area contributed by atoms with E-state index in [1.54, 1.807) is 0 Å². The first-order chi connectivity index (χ1) is 8.88. The average Bonchev–Trinajstić information content (AvgIpc) is 2.78. The van der Waals surface area contributed by atoms with Crippen LogP contribution in [-0.2, 0) is 13.0 Å². The van der Waals surface area contributed by atoms with Crippen molar-refractivity contribution in [1.82, 2.24) is 9.55 Å². The van der Waals surface area contributed by atoms with Crippen molar-refractivity contribution in [2.45, 2.75) is 52.0 Å². The molecular formula is C16H22N2. The second-order valence-corrected chi connectivity index (χ2v) is 5.48. The van der Waals surface area contributed by atoms with Gasteiger partial charge in [0, 0.05) is 13.0 Å². The Morgan fingerprint density at radius 1 is 1.17 bits per heavy atom. The summed E-state index contributed by atoms with van der Waals surface area (Å²) in [6.07, 6.45) is 8.09. The molecule has 0 N–H and O–H groups in total. The normalized spacial score (nSPS) is 17.4. The molecule has 0 amide bonds. The standard InChI is InChI=1S/C16H22N2/c1-2-16-17-14-10-6-7-11-15(14)18(16)12-13-8-4-3-5-9-13/h6-7,10-11,13H,2-5,8-9,12H2,1H3. The number of fused-ring (bicyclic) bond motifs is 1. The van der Waals surface area contributed by atoms with Gasteiger partial charge >= 0.3 is 0 Å². The Labute approximate surface area is 109 Å². The molecule has 1 aliphatic rings. The lowest BCUT2D eigenvalue weighted by molar-refractivity contribution is 0.319. The fraction of sp³-hybridized carbons (Fsp3) is 0.562. The third kappa shape index (κ3) is 2.16. The fourth-order valence-corrected chi connectivity index (χ4v) is 3.23. The van der Waals surface area contributed by atoms with Crippen LogP contribution in [0, 0.1) is 5.92 Å². The number of nitrogens with zero attached hydrogens (tertiary/aromatic N) is 2. The van der Waals surface area contributed by atoms with Crippen molar-refractivity contribution < 1.29 is 0 Å². The van der Waals surface area contributed by atoms with E-state index in [0.29, 0.717) is 0 Å². The number of aryl methyl sites for hydroxylation is 1. The molecule has 0 bridgehead atoms. The van der Waals surface area contributed by atoms with Crippen LogP contribution in [-0.4, -0.2) is 9.55 Å². The Morgan fingerprint density at radius 3 is 2.72 bits per heavy atom. The van der Waals surface area contributed by atoms with Crippen LogP contribution in [0.4, 0.5) is 0 Å². The Hall–Kier alpha value is -1.31. The Bertz CT molecular complexity index is 521. The van der Waals surface area contributed by atoms with Crippen LogP contribution in [0.15, 0.2) is 24.3 Å². The minimum atomic E-state index is 0.863. The summed E-state index contributed by atoms with van der Waals surface area (Å²) >= 11 is 0. The molecule has 1 aromatic carbocycles. The predicted octanol–water partition coefficient (Wildman–Crippen LogP) is 4.18. The minimum Gasteiger partial charge on any atom is -0.328 e. The van der Waals surface area contributed by atoms with Gasteiger partial charge in [-0.25, -0.2) is 4.98 Å². The van der Waals surface area contributed by atoms with Crippen LogP contribution in [0.5, 0.6) is 0 Å². The molecule has 1 fully saturated rings. The van der Waals surface area contributed by atoms with E-state index in [-0.39, 0.29) is 0 Å². The first kappa shape index (κ1) is 11.8. The van der Waals surface area contributed by atoms with Crippen molar-refractivity contribution in [1.29, 1.82) is 0 Å². The van der Waals surface area contributed by atoms with E-state index in [0.717, 1.165) is 17.9 Å². The summed E-state index contributed by atoms with van der Waals surface area (Å²) in [5.41, 5.74) is 2.48. The highest BCUT2D eigenvalue weighted by Crippen LogP contribution is 2.27. The molecular weight excluding hydrogens is 220 g/mol. The first-order valence-corrected chi connectivity index (χ1v) is 7.32. The van der Waals surface area contributed by atoms with Gasteiger partial charge in [0.15, 0.2) is 0 Å². The van der Waals surface area contributed by atoms with Crippen LogP contribution < -0.4 is 0 Å². The van der Waals surface area contributed by atoms with Crippen molar-refractivity contribution in [2.24, 2.45) is 5.92 Å². The third-order valence-electron chi connectivity index (χ3n) is 4.22. The van der Waals surface area contributed by atoms with Gasteiger partial charge in [0.05, 0.1) is 11.0 Å². The maximum atomic E-state index is 4.76. The summed E-state index contributed by atoms with van der Waals surface area (Å²) in [6, 6.07) is 8.55. The SMILES string of the molecule is CCc1nc2ccccc2n1CC1CCCCC1. The van der Waals surface area contributed by atoms with Crippen LogP contribution in [0.1, 0.15) is 44.9 Å². The summed E-state index contributed by atoms with van der Waals surface area (Å²) in [7, 11) is 0. The summed E-state index contributed by atoms with van der Waals surface area (Å²) in [4.78, 5) is 4.76. The van der Waals surface area contributed by atoms with Gasteiger partial charge in [0.2, 0.25) is 0 Å². The van der Waals surface area contributed by atoms with Crippen LogP contribution in [0.25, 0.3) is 11.0 Å². The second kappa shape index (κ2) is 5.13. The molecule has 1 aromatic heterocycles. The van der Waals surface area contributed by atoms with E-state index in [1.165, 1.54) is 50.0 Å². The van der Waals surface area contributed by atoms with Crippen molar-refractivity contribution >= 4 is 11.0 Å². The molecule has 1 saturated carbocycles. The smallest absolute Gasteiger partial charge is 0.109 e. The molecule has 0 saturated heterocycles. The largest absolute Gasteiger partial charge is 0.328 e. The van der Waals surface area contributed by atoms with Gasteiger partial charge in [-0.2, -0.15) is 0 Å². The quantitative estimate of drug-likeness (QED) is 0.789. The van der Waals surface area contributed by atoms with Gasteiger partial charge in [0.1, 0.15) is 5.82 Å². The number of aromatic nitrogens is 2. The Kier molecular flexibility index (Phi) is 3.35. The van der Waals surface area contributed by atoms with Crippen molar-refractivity contribution in [3.8, 4) is 0 Å². The predicted molar refractivity (Wildman–Crippen MR) is 75.7 cm³/mol. The van der Waals surface area contributed by atoms with E-state index >= 15 is 0 Å². The number of imidazole rings is 1. The second-order valence-electron chi connectivity index (χ2n) is 5.48. The minimum absolute atomic E-state index is 0.863. The van der Waals surface area contributed by atoms with Gasteiger partial charge in [0.25, 0.3) is 0 Å². The lowest BCUT2D eigenvalue weighted by atomic mass is 9.89. The molecule has 1 aliphatic carbocycles. The van der Waals surface area contributed by atoms with Crippen molar-refractivity contribution in [3.05, 3.63) is 30.1 Å². The zero-order valence-electron chi connectivity index (χ0n) is 11.2. The van der Waals surface area contributed by atoms with E-state index < -0.39 is 0 Å². The molecule has 0 unspecified atom stereocenters. The van der Waals surface area contributed by atoms with Crippen LogP contribution in [0.2, 0.25) is 0 Å². The van der Waals surface area contributed by atoms with Gasteiger partial charge < -0.3 is 4.57 Å². The summed E-state index contributed by atoms with van der Waals surface area (Å²) in [5.74, 6) is 2.11. The Morgan fingerprint density at radius 2 is 1.94 bits per heavy atom. The zero-order valence-corrected chi connectivity index (χ0v) is 11.2. The van der Waals surface area contributed by atoms with E-state index in [9.17, 15) is 0 Å². The Balaban J connectivity index is 1.93. The van der Waals surface area contributed by atoms with Gasteiger partial charge in [-0.1, -0.05) is 38.3 Å². The molecule has 3 rings (SSSR count). The molecule has 18 heavy (non-hydrogen) atoms. The van der Waals surface area contributed by atoms with Crippen LogP contribution >= 0.6 is 0 Å². The molecule has 96 valence electrons. The van der Waals surface area contributed by atoms with Crippen LogP contribution in [0.3, 0.4) is 0 Å². The molecule has 1 heterocycles. The van der Waals surface area contributed by atoms with E-state index in [1.807, 2.05) is 0 Å². The third-order valence-corrected chi connectivity index (χ3v) is 4.22. The molecule has 0 radical (unpaired) electrons. The number of hydrogen-bond donors (Lipinski definition) is 0. The number of rotatable bonds is 3. The van der Waals surface area contributed by atoms with E-state index in [4.69, 9.17) is 4.98 Å². The number of benzene rings is 1. The van der Waals surface area contributed by atoms with Crippen molar-refractivity contribution in [2.75, 3.05) is 0 Å². The zero-order chi connectivity index (χ0) is 12.4. The molecule has 2 heteroatoms. The lowest BCUT2D eigenvalue weighted by Gasteiger charge is -2.23. The maximum absolute atomic E-state index is 4.76. The van der Waals surface area contributed by atoms with Crippen molar-refractivity contribution in [3.63, 3.8) is 0 Å². The molecule has 2 nitrogen and oxygen atoms in total. The molecule has 0 atom stereocenters. The summed E-state index contributed by atoms with van der Waals surface area (Å²) in [5, 5.41) is 0. The first-order valence-electron chi connectivity index (χ1n) is 7.32. The monoisotopic (exact) mass is 242 g/mol. The number of para-hydroxylation sites is 2. The highest BCUT2D eigenvalue weighted by Gasteiger charge is 2.17. The summed E-state index contributed by atoms with van der Waals surface area (Å²) < 4.78 is 2.46. The molecule has 0 spiro atoms. The van der Waals surface area contributed by atoms with Gasteiger partial charge in [-0.3, -0.25) is 0 Å². The van der Waals surface area contributed by atoms with E-state index in [2.05, 4.69) is 35.8 Å². The van der Waals surface area contributed by atoms with Gasteiger partial charge in [-0.15, -0.1) is 0 Å². The molecule has 2 aromatic rings. The highest BCUT2D eigenvalue weighted by atomic mass is 15.1. The van der Waals surface area contributed by atoms with Gasteiger partial charge in [-0.05, 0) is 30.9 Å². The topological polar surface area (TPSA) is 17.8 Å². The fourth-order valence-electron chi connectivity index (χ4n) is 3.23. The maximum Gasteiger partial charge on any atom is 0.109 e.